The molecule has 0 fully saturated rings. The van der Waals surface area contributed by atoms with Crippen molar-refractivity contribution >= 4 is 17.6 Å². The quantitative estimate of drug-likeness (QED) is 0.690. The van der Waals surface area contributed by atoms with Crippen molar-refractivity contribution in [2.75, 3.05) is 12.4 Å². The number of carbonyl (C=O) groups is 2. The first-order chi connectivity index (χ1) is 13.5. The van der Waals surface area contributed by atoms with Crippen molar-refractivity contribution in [3.05, 3.63) is 99.7 Å². The zero-order valence-electron chi connectivity index (χ0n) is 15.0. The van der Waals surface area contributed by atoms with Gasteiger partial charge in [-0.1, -0.05) is 12.1 Å². The van der Waals surface area contributed by atoms with Crippen LogP contribution >= 0.6 is 0 Å². The second kappa shape index (κ2) is 8.30. The van der Waals surface area contributed by atoms with E-state index >= 15 is 0 Å². The molecule has 1 aromatic heterocycles. The van der Waals surface area contributed by atoms with Crippen LogP contribution in [0.3, 0.4) is 0 Å². The molecule has 6 nitrogen and oxygen atoms in total. The number of halogens is 1. The van der Waals surface area contributed by atoms with E-state index in [0.29, 0.717) is 16.8 Å². The summed E-state index contributed by atoms with van der Waals surface area (Å²) in [6.07, 6.45) is 1.54. The number of hydrogen-bond donors (Lipinski definition) is 1. The highest BCUT2D eigenvalue weighted by atomic mass is 19.1. The summed E-state index contributed by atoms with van der Waals surface area (Å²) in [5.41, 5.74) is 0.847. The van der Waals surface area contributed by atoms with E-state index in [1.54, 1.807) is 30.3 Å². The monoisotopic (exact) mass is 380 g/mol. The SMILES string of the molecule is COC(=O)c1ccc(NC(=O)c2cccn(Cc3cccc(F)c3)c2=O)cc1. The lowest BCUT2D eigenvalue weighted by Crippen LogP contribution is -2.29. The zero-order valence-corrected chi connectivity index (χ0v) is 15.0. The van der Waals surface area contributed by atoms with Gasteiger partial charge >= 0.3 is 5.97 Å². The van der Waals surface area contributed by atoms with Gasteiger partial charge in [-0.3, -0.25) is 9.59 Å². The molecule has 7 heteroatoms. The van der Waals surface area contributed by atoms with Gasteiger partial charge in [0.05, 0.1) is 19.2 Å². The number of nitrogens with zero attached hydrogens (tertiary/aromatic N) is 1. The van der Waals surface area contributed by atoms with Gasteiger partial charge in [0.15, 0.2) is 0 Å². The first-order valence-corrected chi connectivity index (χ1v) is 8.41. The van der Waals surface area contributed by atoms with Gasteiger partial charge in [-0.05, 0) is 54.1 Å². The Hall–Kier alpha value is -3.74. The minimum Gasteiger partial charge on any atom is -0.465 e. The number of hydrogen-bond acceptors (Lipinski definition) is 4. The lowest BCUT2D eigenvalue weighted by molar-refractivity contribution is 0.0600. The molecule has 0 saturated carbocycles. The topological polar surface area (TPSA) is 77.4 Å². The Labute approximate surface area is 160 Å². The van der Waals surface area contributed by atoms with Crippen LogP contribution in [0.2, 0.25) is 0 Å². The van der Waals surface area contributed by atoms with E-state index in [0.717, 1.165) is 0 Å². The highest BCUT2D eigenvalue weighted by Gasteiger charge is 2.13. The number of ether oxygens (including phenoxy) is 1. The highest BCUT2D eigenvalue weighted by Crippen LogP contribution is 2.12. The van der Waals surface area contributed by atoms with Gasteiger partial charge in [0.2, 0.25) is 0 Å². The number of carbonyl (C=O) groups excluding carboxylic acids is 2. The standard InChI is InChI=1S/C21H17FN2O4/c1-28-21(27)15-7-9-17(10-8-15)23-19(25)18-6-3-11-24(20(18)26)13-14-4-2-5-16(22)12-14/h2-12H,13H2,1H3,(H,23,25). The van der Waals surface area contributed by atoms with Crippen molar-refractivity contribution in [1.29, 1.82) is 0 Å². The second-order valence-electron chi connectivity index (χ2n) is 6.01. The van der Waals surface area contributed by atoms with Crippen LogP contribution in [0.4, 0.5) is 10.1 Å². The average Bonchev–Trinajstić information content (AvgIpc) is 2.69. The fourth-order valence-electron chi connectivity index (χ4n) is 2.67. The van der Waals surface area contributed by atoms with Crippen LogP contribution < -0.4 is 10.9 Å². The molecule has 0 unspecified atom stereocenters. The minimum atomic E-state index is -0.579. The number of benzene rings is 2. The summed E-state index contributed by atoms with van der Waals surface area (Å²) in [6.45, 7) is 0.144. The van der Waals surface area contributed by atoms with E-state index in [2.05, 4.69) is 10.1 Å². The largest absolute Gasteiger partial charge is 0.465 e. The molecule has 0 aliphatic rings. The van der Waals surface area contributed by atoms with E-state index in [-0.39, 0.29) is 12.1 Å². The van der Waals surface area contributed by atoms with E-state index in [4.69, 9.17) is 0 Å². The molecule has 2 aromatic carbocycles. The average molecular weight is 380 g/mol. The fourth-order valence-corrected chi connectivity index (χ4v) is 2.67. The maximum atomic E-state index is 13.3. The highest BCUT2D eigenvalue weighted by molar-refractivity contribution is 6.04. The third-order valence-electron chi connectivity index (χ3n) is 4.07. The van der Waals surface area contributed by atoms with Gasteiger partial charge in [0, 0.05) is 11.9 Å². The van der Waals surface area contributed by atoms with Crippen LogP contribution in [0.15, 0.2) is 71.7 Å². The van der Waals surface area contributed by atoms with Gasteiger partial charge in [-0.25, -0.2) is 9.18 Å². The molecule has 0 radical (unpaired) electrons. The summed E-state index contributed by atoms with van der Waals surface area (Å²) in [7, 11) is 1.28. The summed E-state index contributed by atoms with van der Waals surface area (Å²) in [4.78, 5) is 36.6. The Morgan fingerprint density at radius 2 is 1.82 bits per heavy atom. The van der Waals surface area contributed by atoms with Crippen molar-refractivity contribution in [2.24, 2.45) is 0 Å². The van der Waals surface area contributed by atoms with E-state index in [9.17, 15) is 18.8 Å². The molecule has 1 heterocycles. The summed E-state index contributed by atoms with van der Waals surface area (Å²) in [5.74, 6) is -1.46. The number of esters is 1. The maximum absolute atomic E-state index is 13.3. The van der Waals surface area contributed by atoms with Crippen LogP contribution in [0.5, 0.6) is 0 Å². The van der Waals surface area contributed by atoms with Crippen molar-refractivity contribution in [3.63, 3.8) is 0 Å². The molecule has 142 valence electrons. The molecule has 0 saturated heterocycles. The second-order valence-corrected chi connectivity index (χ2v) is 6.01. The van der Waals surface area contributed by atoms with Gasteiger partial charge in [-0.15, -0.1) is 0 Å². The van der Waals surface area contributed by atoms with Crippen LogP contribution in [-0.4, -0.2) is 23.6 Å². The summed E-state index contributed by atoms with van der Waals surface area (Å²) < 4.78 is 19.3. The lowest BCUT2D eigenvalue weighted by atomic mass is 10.2. The fraction of sp³-hybridized carbons (Fsp3) is 0.0952. The molecule has 0 atom stereocenters. The molecule has 0 spiro atoms. The Morgan fingerprint density at radius 1 is 1.07 bits per heavy atom. The normalized spacial score (nSPS) is 10.4. The Balaban J connectivity index is 1.79. The predicted octanol–water partition coefficient (Wildman–Crippen LogP) is 3.07. The summed E-state index contributed by atoms with van der Waals surface area (Å²) >= 11 is 0. The third-order valence-corrected chi connectivity index (χ3v) is 4.07. The van der Waals surface area contributed by atoms with Gasteiger partial charge in [-0.2, -0.15) is 0 Å². The van der Waals surface area contributed by atoms with Crippen molar-refractivity contribution < 1.29 is 18.7 Å². The Morgan fingerprint density at radius 3 is 2.50 bits per heavy atom. The number of pyridine rings is 1. The molecule has 3 rings (SSSR count). The van der Waals surface area contributed by atoms with Crippen molar-refractivity contribution in [2.45, 2.75) is 6.54 Å². The van der Waals surface area contributed by atoms with Crippen LogP contribution in [0.25, 0.3) is 0 Å². The molecular weight excluding hydrogens is 363 g/mol. The number of methoxy groups -OCH3 is 1. The van der Waals surface area contributed by atoms with Crippen molar-refractivity contribution in [3.8, 4) is 0 Å². The molecule has 1 amide bonds. The van der Waals surface area contributed by atoms with E-state index in [1.807, 2.05) is 0 Å². The molecule has 3 aromatic rings. The molecule has 0 aliphatic carbocycles. The number of amides is 1. The van der Waals surface area contributed by atoms with E-state index < -0.39 is 23.3 Å². The molecule has 0 bridgehead atoms. The first-order valence-electron chi connectivity index (χ1n) is 8.41. The molecule has 0 aliphatic heterocycles. The number of nitrogens with one attached hydrogen (secondary N) is 1. The minimum absolute atomic E-state index is 0.0454. The number of aromatic nitrogens is 1. The number of rotatable bonds is 5. The van der Waals surface area contributed by atoms with Crippen LogP contribution in [0, 0.1) is 5.82 Å². The Kier molecular flexibility index (Phi) is 5.64. The van der Waals surface area contributed by atoms with Gasteiger partial charge in [0.25, 0.3) is 11.5 Å². The molecular formula is C21H17FN2O4. The lowest BCUT2D eigenvalue weighted by Gasteiger charge is -2.09. The van der Waals surface area contributed by atoms with Gasteiger partial charge in [0.1, 0.15) is 11.4 Å². The zero-order chi connectivity index (χ0) is 20.1. The third kappa shape index (κ3) is 4.32. The van der Waals surface area contributed by atoms with Gasteiger partial charge < -0.3 is 14.6 Å². The molecule has 1 N–H and O–H groups in total. The van der Waals surface area contributed by atoms with E-state index in [1.165, 1.54) is 48.2 Å². The summed E-state index contributed by atoms with van der Waals surface area (Å²) in [5, 5.41) is 2.62. The van der Waals surface area contributed by atoms with Crippen LogP contribution in [-0.2, 0) is 11.3 Å². The number of anilines is 1. The summed E-state index contributed by atoms with van der Waals surface area (Å²) in [6, 6.07) is 15.0. The predicted molar refractivity (Wildman–Crippen MR) is 102 cm³/mol. The smallest absolute Gasteiger partial charge is 0.337 e. The van der Waals surface area contributed by atoms with Crippen LogP contribution in [0.1, 0.15) is 26.3 Å². The Bertz CT molecular complexity index is 1070. The first kappa shape index (κ1) is 19.0. The van der Waals surface area contributed by atoms with Crippen molar-refractivity contribution in [1.82, 2.24) is 4.57 Å². The maximum Gasteiger partial charge on any atom is 0.337 e. The molecule has 28 heavy (non-hydrogen) atoms.